The quantitative estimate of drug-likeness (QED) is 0.613. The topological polar surface area (TPSA) is 81.1 Å². The van der Waals surface area contributed by atoms with Gasteiger partial charge in [0.15, 0.2) is 5.78 Å². The summed E-state index contributed by atoms with van der Waals surface area (Å²) in [6.45, 7) is 9.79. The highest BCUT2D eigenvalue weighted by atomic mass is 32.2. The largest absolute Gasteiger partial charge is 0.379 e. The van der Waals surface area contributed by atoms with Gasteiger partial charge in [-0.1, -0.05) is 6.07 Å². The van der Waals surface area contributed by atoms with Crippen LogP contribution in [-0.2, 0) is 19.5 Å². The number of carbonyl (C=O) groups excluding carboxylic acids is 1. The molecule has 9 heteroatoms. The minimum atomic E-state index is -3.60. The average Bonchev–Trinajstić information content (AvgIpc) is 3.10. The van der Waals surface area contributed by atoms with Crippen LogP contribution in [0.15, 0.2) is 35.2 Å². The van der Waals surface area contributed by atoms with Gasteiger partial charge < -0.3 is 14.0 Å². The summed E-state index contributed by atoms with van der Waals surface area (Å²) in [5.74, 6) is 0.0650. The van der Waals surface area contributed by atoms with E-state index in [-0.39, 0.29) is 16.7 Å². The Hall–Kier alpha value is -2.04. The number of benzene rings is 1. The summed E-state index contributed by atoms with van der Waals surface area (Å²) in [5.41, 5.74) is 3.10. The molecule has 2 saturated heterocycles. The van der Waals surface area contributed by atoms with Crippen LogP contribution in [0.5, 0.6) is 0 Å². The van der Waals surface area contributed by atoms with E-state index >= 15 is 0 Å². The number of ketones is 1. The van der Waals surface area contributed by atoms with Crippen molar-refractivity contribution in [3.8, 4) is 5.69 Å². The van der Waals surface area contributed by atoms with Crippen molar-refractivity contribution in [2.75, 3.05) is 52.6 Å². The van der Waals surface area contributed by atoms with Crippen molar-refractivity contribution in [1.29, 1.82) is 0 Å². The van der Waals surface area contributed by atoms with Crippen molar-refractivity contribution in [2.24, 2.45) is 0 Å². The predicted octanol–water partition coefficient (Wildman–Crippen LogP) is 2.02. The fourth-order valence-corrected chi connectivity index (χ4v) is 5.88. The fourth-order valence-electron chi connectivity index (χ4n) is 4.43. The maximum Gasteiger partial charge on any atom is 0.243 e. The molecule has 1 unspecified atom stereocenters. The number of rotatable bonds is 6. The summed E-state index contributed by atoms with van der Waals surface area (Å²) in [6.07, 6.45) is 0. The van der Waals surface area contributed by atoms with Crippen molar-refractivity contribution in [1.82, 2.24) is 13.8 Å². The molecule has 0 amide bonds. The maximum absolute atomic E-state index is 13.1. The molecule has 0 saturated carbocycles. The molecule has 4 rings (SSSR count). The van der Waals surface area contributed by atoms with E-state index in [1.54, 1.807) is 18.2 Å². The number of carbonyl (C=O) groups is 1. The minimum absolute atomic E-state index is 0.0650. The molecule has 8 nitrogen and oxygen atoms in total. The van der Waals surface area contributed by atoms with E-state index in [9.17, 15) is 13.2 Å². The molecular weight excluding hydrogens is 430 g/mol. The third kappa shape index (κ3) is 4.53. The predicted molar refractivity (Wildman–Crippen MR) is 121 cm³/mol. The lowest BCUT2D eigenvalue weighted by atomic mass is 10.1. The molecule has 2 aliphatic rings. The highest BCUT2D eigenvalue weighted by Crippen LogP contribution is 2.25. The zero-order chi connectivity index (χ0) is 22.9. The standard InChI is InChI=1S/C23H31N3O5S/c1-17-13-22(23(27)15-24-7-10-31-16-18(24)2)19(3)26(17)20-5-4-6-21(14-20)32(28,29)25-8-11-30-12-9-25/h4-6,13-14,18H,7-12,15-16H2,1-3H3. The fraction of sp³-hybridized carbons (Fsp3) is 0.522. The van der Waals surface area contributed by atoms with E-state index in [2.05, 4.69) is 11.8 Å². The van der Waals surface area contributed by atoms with Gasteiger partial charge in [-0.15, -0.1) is 0 Å². The van der Waals surface area contributed by atoms with Crippen LogP contribution in [0.4, 0.5) is 0 Å². The van der Waals surface area contributed by atoms with Gasteiger partial charge in [-0.25, -0.2) is 8.42 Å². The molecule has 1 atom stereocenters. The first-order valence-corrected chi connectivity index (χ1v) is 12.5. The van der Waals surface area contributed by atoms with E-state index in [1.165, 1.54) is 4.31 Å². The Bertz CT molecular complexity index is 1090. The Balaban J connectivity index is 1.61. The van der Waals surface area contributed by atoms with E-state index < -0.39 is 10.0 Å². The lowest BCUT2D eigenvalue weighted by Crippen LogP contribution is -2.46. The summed E-state index contributed by atoms with van der Waals surface area (Å²) in [6, 6.07) is 9.02. The van der Waals surface area contributed by atoms with Gasteiger partial charge in [0.2, 0.25) is 10.0 Å². The number of sulfonamides is 1. The maximum atomic E-state index is 13.1. The zero-order valence-corrected chi connectivity index (χ0v) is 19.7. The van der Waals surface area contributed by atoms with Crippen molar-refractivity contribution < 1.29 is 22.7 Å². The number of Topliss-reactive ketones (excluding diaryl/α,β-unsaturated/α-hetero) is 1. The van der Waals surface area contributed by atoms with Crippen molar-refractivity contribution in [2.45, 2.75) is 31.7 Å². The van der Waals surface area contributed by atoms with Crippen molar-refractivity contribution in [3.63, 3.8) is 0 Å². The zero-order valence-electron chi connectivity index (χ0n) is 18.9. The van der Waals surface area contributed by atoms with Gasteiger partial charge in [-0.2, -0.15) is 4.31 Å². The number of aromatic nitrogens is 1. The van der Waals surface area contributed by atoms with Gasteiger partial charge >= 0.3 is 0 Å². The lowest BCUT2D eigenvalue weighted by Gasteiger charge is -2.32. The van der Waals surface area contributed by atoms with E-state index in [0.717, 1.165) is 23.6 Å². The average molecular weight is 462 g/mol. The van der Waals surface area contributed by atoms with Gasteiger partial charge in [0.05, 0.1) is 37.9 Å². The Kier molecular flexibility index (Phi) is 6.83. The van der Waals surface area contributed by atoms with Crippen molar-refractivity contribution >= 4 is 15.8 Å². The van der Waals surface area contributed by atoms with Crippen molar-refractivity contribution in [3.05, 3.63) is 47.3 Å². The first-order valence-electron chi connectivity index (χ1n) is 11.0. The summed E-state index contributed by atoms with van der Waals surface area (Å²) in [4.78, 5) is 15.5. The van der Waals surface area contributed by atoms with E-state index in [4.69, 9.17) is 9.47 Å². The molecule has 2 fully saturated rings. The summed E-state index contributed by atoms with van der Waals surface area (Å²) in [7, 11) is -3.60. The molecule has 1 aromatic heterocycles. The SMILES string of the molecule is Cc1cc(C(=O)CN2CCOCC2C)c(C)n1-c1cccc(S(=O)(=O)N2CCOCC2)c1. The van der Waals surface area contributed by atoms with Crippen LogP contribution in [0.2, 0.25) is 0 Å². The second-order valence-electron chi connectivity index (χ2n) is 8.45. The third-order valence-corrected chi connectivity index (χ3v) is 8.16. The summed E-state index contributed by atoms with van der Waals surface area (Å²) >= 11 is 0. The number of nitrogens with zero attached hydrogens (tertiary/aromatic N) is 3. The second kappa shape index (κ2) is 9.44. The van der Waals surface area contributed by atoms with Crippen LogP contribution >= 0.6 is 0 Å². The van der Waals surface area contributed by atoms with Gasteiger partial charge in [-0.3, -0.25) is 9.69 Å². The molecule has 0 bridgehead atoms. The minimum Gasteiger partial charge on any atom is -0.379 e. The van der Waals surface area contributed by atoms with Gasteiger partial charge in [0, 0.05) is 48.3 Å². The molecule has 0 aliphatic carbocycles. The molecule has 174 valence electrons. The Morgan fingerprint density at radius 1 is 1.06 bits per heavy atom. The second-order valence-corrected chi connectivity index (χ2v) is 10.4. The molecule has 3 heterocycles. The highest BCUT2D eigenvalue weighted by Gasteiger charge is 2.27. The molecule has 2 aromatic rings. The Morgan fingerprint density at radius 3 is 2.50 bits per heavy atom. The molecule has 32 heavy (non-hydrogen) atoms. The van der Waals surface area contributed by atoms with Gasteiger partial charge in [-0.05, 0) is 45.0 Å². The number of ether oxygens (including phenoxy) is 2. The first kappa shape index (κ1) is 23.1. The van der Waals surface area contributed by atoms with E-state index in [1.807, 2.05) is 30.5 Å². The van der Waals surface area contributed by atoms with Gasteiger partial charge in [0.1, 0.15) is 0 Å². The van der Waals surface area contributed by atoms with Gasteiger partial charge in [0.25, 0.3) is 0 Å². The molecule has 0 radical (unpaired) electrons. The Labute approximate surface area is 189 Å². The first-order chi connectivity index (χ1) is 15.3. The van der Waals surface area contributed by atoms with Crippen LogP contribution in [-0.4, -0.2) is 86.6 Å². The highest BCUT2D eigenvalue weighted by molar-refractivity contribution is 7.89. The number of morpholine rings is 2. The molecule has 0 N–H and O–H groups in total. The van der Waals surface area contributed by atoms with Crippen LogP contribution < -0.4 is 0 Å². The monoisotopic (exact) mass is 461 g/mol. The third-order valence-electron chi connectivity index (χ3n) is 6.27. The van der Waals surface area contributed by atoms with Crippen LogP contribution in [0.3, 0.4) is 0 Å². The van der Waals surface area contributed by atoms with Crippen LogP contribution in [0.1, 0.15) is 28.7 Å². The number of hydrogen-bond donors (Lipinski definition) is 0. The molecule has 2 aliphatic heterocycles. The molecular formula is C23H31N3O5S. The van der Waals surface area contributed by atoms with Crippen LogP contribution in [0, 0.1) is 13.8 Å². The summed E-state index contributed by atoms with van der Waals surface area (Å²) in [5, 5.41) is 0. The number of hydrogen-bond acceptors (Lipinski definition) is 6. The number of aryl methyl sites for hydroxylation is 1. The smallest absolute Gasteiger partial charge is 0.243 e. The molecule has 0 spiro atoms. The normalized spacial score (nSPS) is 21.0. The molecule has 1 aromatic carbocycles. The lowest BCUT2D eigenvalue weighted by molar-refractivity contribution is 0.00200. The Morgan fingerprint density at radius 2 is 1.78 bits per heavy atom. The van der Waals surface area contributed by atoms with Crippen LogP contribution in [0.25, 0.3) is 5.69 Å². The van der Waals surface area contributed by atoms with E-state index in [0.29, 0.717) is 51.6 Å². The summed E-state index contributed by atoms with van der Waals surface area (Å²) < 4.78 is 40.4.